The molecule has 2 aromatic carbocycles. The topological polar surface area (TPSA) is 110 Å². The molecular weight excluding hydrogens is 354 g/mol. The quantitative estimate of drug-likeness (QED) is 0.634. The molecule has 0 radical (unpaired) electrons. The van der Waals surface area contributed by atoms with Crippen LogP contribution in [0.5, 0.6) is 0 Å². The summed E-state index contributed by atoms with van der Waals surface area (Å²) in [4.78, 5) is 32.7. The number of benzene rings is 2. The molecule has 0 fully saturated rings. The minimum absolute atomic E-state index is 0.0502. The Hall–Kier alpha value is -3.74. The number of nitrogens with one attached hydrogen (secondary N) is 2. The molecule has 3 rings (SSSR count). The second kappa shape index (κ2) is 8.30. The molecule has 0 spiro atoms. The first-order valence-corrected chi connectivity index (χ1v) is 8.76. The van der Waals surface area contributed by atoms with Crippen molar-refractivity contribution in [2.75, 3.05) is 12.8 Å². The third-order valence-electron chi connectivity index (χ3n) is 4.24. The molecule has 1 heterocycles. The molecule has 0 aliphatic rings. The monoisotopic (exact) mass is 375 g/mol. The number of aryl methyl sites for hydroxylation is 1. The molecule has 7 nitrogen and oxygen atoms in total. The Balaban J connectivity index is 1.79. The Morgan fingerprint density at radius 2 is 1.82 bits per heavy atom. The van der Waals surface area contributed by atoms with Crippen LogP contribution in [0.25, 0.3) is 11.3 Å². The fourth-order valence-electron chi connectivity index (χ4n) is 2.63. The van der Waals surface area contributed by atoms with Gasteiger partial charge in [-0.05, 0) is 24.6 Å². The number of aromatic nitrogens is 2. The third-order valence-corrected chi connectivity index (χ3v) is 4.24. The van der Waals surface area contributed by atoms with Crippen molar-refractivity contribution in [2.45, 2.75) is 13.5 Å². The van der Waals surface area contributed by atoms with E-state index in [1.807, 2.05) is 31.2 Å². The van der Waals surface area contributed by atoms with Crippen LogP contribution in [0.2, 0.25) is 0 Å². The van der Waals surface area contributed by atoms with Gasteiger partial charge >= 0.3 is 0 Å². The number of anilines is 1. The fraction of sp³-hybridized carbons (Fsp3) is 0.143. The molecule has 0 unspecified atom stereocenters. The van der Waals surface area contributed by atoms with Crippen LogP contribution in [0.4, 0.5) is 5.82 Å². The first-order valence-electron chi connectivity index (χ1n) is 8.76. The average Bonchev–Trinajstić information content (AvgIpc) is 2.73. The number of nitrogen functional groups attached to an aromatic ring is 1. The first-order chi connectivity index (χ1) is 13.5. The van der Waals surface area contributed by atoms with Gasteiger partial charge in [-0.1, -0.05) is 42.0 Å². The second-order valence-electron chi connectivity index (χ2n) is 6.32. The fourth-order valence-corrected chi connectivity index (χ4v) is 2.63. The first kappa shape index (κ1) is 19.0. The molecule has 0 atom stereocenters. The Labute approximate surface area is 163 Å². The predicted octanol–water partition coefficient (Wildman–Crippen LogP) is 2.32. The van der Waals surface area contributed by atoms with Gasteiger partial charge in [-0.3, -0.25) is 9.59 Å². The van der Waals surface area contributed by atoms with Crippen LogP contribution in [-0.4, -0.2) is 28.8 Å². The maximum atomic E-state index is 12.5. The van der Waals surface area contributed by atoms with Gasteiger partial charge in [0.05, 0.1) is 11.9 Å². The summed E-state index contributed by atoms with van der Waals surface area (Å²) in [5.74, 6) is -0.564. The van der Waals surface area contributed by atoms with Gasteiger partial charge < -0.3 is 16.4 Å². The molecule has 0 bridgehead atoms. The molecule has 2 amide bonds. The highest BCUT2D eigenvalue weighted by molar-refractivity contribution is 5.97. The van der Waals surface area contributed by atoms with Crippen molar-refractivity contribution in [3.63, 3.8) is 0 Å². The summed E-state index contributed by atoms with van der Waals surface area (Å²) in [5.41, 5.74) is 9.59. The van der Waals surface area contributed by atoms with Gasteiger partial charge in [-0.25, -0.2) is 9.97 Å². The van der Waals surface area contributed by atoms with E-state index in [-0.39, 0.29) is 17.4 Å². The molecule has 142 valence electrons. The Bertz CT molecular complexity index is 1020. The van der Waals surface area contributed by atoms with E-state index in [1.54, 1.807) is 24.3 Å². The number of hydrogen-bond acceptors (Lipinski definition) is 5. The lowest BCUT2D eigenvalue weighted by molar-refractivity contribution is 0.0945. The predicted molar refractivity (Wildman–Crippen MR) is 108 cm³/mol. The van der Waals surface area contributed by atoms with Crippen LogP contribution in [0.3, 0.4) is 0 Å². The zero-order valence-corrected chi connectivity index (χ0v) is 15.7. The van der Waals surface area contributed by atoms with Crippen molar-refractivity contribution in [3.8, 4) is 11.3 Å². The van der Waals surface area contributed by atoms with Crippen molar-refractivity contribution < 1.29 is 9.59 Å². The molecule has 28 heavy (non-hydrogen) atoms. The zero-order valence-electron chi connectivity index (χ0n) is 15.7. The van der Waals surface area contributed by atoms with Crippen LogP contribution >= 0.6 is 0 Å². The lowest BCUT2D eigenvalue weighted by Crippen LogP contribution is -2.23. The smallest absolute Gasteiger partial charge is 0.273 e. The number of carbonyl (C=O) groups is 2. The number of rotatable bonds is 5. The van der Waals surface area contributed by atoms with Crippen molar-refractivity contribution >= 4 is 17.6 Å². The number of amides is 2. The summed E-state index contributed by atoms with van der Waals surface area (Å²) in [5, 5.41) is 5.38. The normalized spacial score (nSPS) is 10.4. The van der Waals surface area contributed by atoms with Crippen LogP contribution in [-0.2, 0) is 6.54 Å². The minimum Gasteiger partial charge on any atom is -0.382 e. The number of nitrogens with two attached hydrogens (primary N) is 1. The molecule has 0 saturated carbocycles. The third kappa shape index (κ3) is 4.32. The van der Waals surface area contributed by atoms with Gasteiger partial charge in [-0.2, -0.15) is 0 Å². The second-order valence-corrected chi connectivity index (χ2v) is 6.32. The molecule has 0 aliphatic heterocycles. The van der Waals surface area contributed by atoms with Gasteiger partial charge in [0.25, 0.3) is 11.8 Å². The maximum absolute atomic E-state index is 12.5. The van der Waals surface area contributed by atoms with E-state index in [1.165, 1.54) is 18.8 Å². The maximum Gasteiger partial charge on any atom is 0.273 e. The highest BCUT2D eigenvalue weighted by Crippen LogP contribution is 2.20. The van der Waals surface area contributed by atoms with E-state index in [0.29, 0.717) is 23.4 Å². The van der Waals surface area contributed by atoms with E-state index < -0.39 is 5.91 Å². The summed E-state index contributed by atoms with van der Waals surface area (Å²) in [6.07, 6.45) is 1.48. The number of carbonyl (C=O) groups excluding carboxylic acids is 2. The summed E-state index contributed by atoms with van der Waals surface area (Å²) < 4.78 is 0. The van der Waals surface area contributed by atoms with Crippen LogP contribution in [0, 0.1) is 6.92 Å². The lowest BCUT2D eigenvalue weighted by Gasteiger charge is -2.09. The Morgan fingerprint density at radius 3 is 2.54 bits per heavy atom. The Morgan fingerprint density at radius 1 is 1.07 bits per heavy atom. The van der Waals surface area contributed by atoms with Crippen molar-refractivity contribution in [1.29, 1.82) is 0 Å². The largest absolute Gasteiger partial charge is 0.382 e. The minimum atomic E-state index is -0.418. The van der Waals surface area contributed by atoms with E-state index >= 15 is 0 Å². The lowest BCUT2D eigenvalue weighted by atomic mass is 10.1. The van der Waals surface area contributed by atoms with Gasteiger partial charge in [0.2, 0.25) is 0 Å². The Kier molecular flexibility index (Phi) is 5.64. The van der Waals surface area contributed by atoms with Gasteiger partial charge in [0.15, 0.2) is 11.5 Å². The molecule has 3 aromatic rings. The molecular formula is C21H21N5O2. The van der Waals surface area contributed by atoms with E-state index in [2.05, 4.69) is 20.6 Å². The standard InChI is InChI=1S/C21H21N5O2/c1-13-6-8-14(9-7-13)11-25-20(27)16-5-3-4-15(10-16)17-12-24-19(22)18(26-17)21(28)23-2/h3-10,12H,11H2,1-2H3,(H2,22,24)(H,23,28)(H,25,27). The van der Waals surface area contributed by atoms with Crippen LogP contribution in [0.15, 0.2) is 54.7 Å². The molecule has 4 N–H and O–H groups in total. The summed E-state index contributed by atoms with van der Waals surface area (Å²) in [6.45, 7) is 2.45. The molecule has 0 saturated heterocycles. The summed E-state index contributed by atoms with van der Waals surface area (Å²) in [6, 6.07) is 15.0. The van der Waals surface area contributed by atoms with Crippen molar-refractivity contribution in [2.24, 2.45) is 0 Å². The van der Waals surface area contributed by atoms with Crippen LogP contribution < -0.4 is 16.4 Å². The SMILES string of the molecule is CNC(=O)c1nc(-c2cccc(C(=O)NCc3ccc(C)cc3)c2)cnc1N. The highest BCUT2D eigenvalue weighted by Gasteiger charge is 2.14. The van der Waals surface area contributed by atoms with Gasteiger partial charge in [-0.15, -0.1) is 0 Å². The summed E-state index contributed by atoms with van der Waals surface area (Å²) >= 11 is 0. The van der Waals surface area contributed by atoms with Gasteiger partial charge in [0, 0.05) is 24.7 Å². The molecule has 7 heteroatoms. The van der Waals surface area contributed by atoms with E-state index in [4.69, 9.17) is 5.73 Å². The van der Waals surface area contributed by atoms with E-state index in [9.17, 15) is 9.59 Å². The van der Waals surface area contributed by atoms with Crippen molar-refractivity contribution in [3.05, 3.63) is 77.1 Å². The van der Waals surface area contributed by atoms with Crippen molar-refractivity contribution in [1.82, 2.24) is 20.6 Å². The molecule has 1 aromatic heterocycles. The van der Waals surface area contributed by atoms with Gasteiger partial charge in [0.1, 0.15) is 0 Å². The van der Waals surface area contributed by atoms with Crippen LogP contribution in [0.1, 0.15) is 32.0 Å². The zero-order chi connectivity index (χ0) is 20.1. The molecule has 0 aliphatic carbocycles. The summed E-state index contributed by atoms with van der Waals surface area (Å²) in [7, 11) is 1.50. The van der Waals surface area contributed by atoms with E-state index in [0.717, 1.165) is 5.56 Å². The number of hydrogen-bond donors (Lipinski definition) is 3. The average molecular weight is 375 g/mol. The highest BCUT2D eigenvalue weighted by atomic mass is 16.2. The number of nitrogens with zero attached hydrogens (tertiary/aromatic N) is 2.